The van der Waals surface area contributed by atoms with E-state index in [-0.39, 0.29) is 42.2 Å². The maximum Gasteiger partial charge on any atom is 0.407 e. The number of hydrogen-bond donors (Lipinski definition) is 3. The van der Waals surface area contributed by atoms with Crippen molar-refractivity contribution < 1.29 is 28.1 Å². The molecule has 1 saturated heterocycles. The lowest BCUT2D eigenvalue weighted by molar-refractivity contribution is -0.116. The van der Waals surface area contributed by atoms with Gasteiger partial charge in [0.1, 0.15) is 12.8 Å². The Kier molecular flexibility index (Phi) is 16.2. The summed E-state index contributed by atoms with van der Waals surface area (Å²) >= 11 is 0. The van der Waals surface area contributed by atoms with Crippen LogP contribution < -0.4 is 21.9 Å². The van der Waals surface area contributed by atoms with E-state index < -0.39 is 38.2 Å². The summed E-state index contributed by atoms with van der Waals surface area (Å²) in [6.07, 6.45) is 7.22. The van der Waals surface area contributed by atoms with E-state index >= 15 is 0 Å². The van der Waals surface area contributed by atoms with Crippen LogP contribution in [-0.2, 0) is 23.3 Å². The van der Waals surface area contributed by atoms with Crippen LogP contribution in [0.25, 0.3) is 17.2 Å². The van der Waals surface area contributed by atoms with Gasteiger partial charge in [-0.3, -0.25) is 24.1 Å². The van der Waals surface area contributed by atoms with E-state index in [0.29, 0.717) is 26.1 Å². The van der Waals surface area contributed by atoms with Crippen molar-refractivity contribution in [1.82, 2.24) is 24.9 Å². The molecule has 15 heteroatoms. The zero-order valence-electron chi connectivity index (χ0n) is 33.8. The van der Waals surface area contributed by atoms with Crippen molar-refractivity contribution in [2.45, 2.75) is 110 Å². The molecule has 308 valence electrons. The van der Waals surface area contributed by atoms with Crippen LogP contribution in [-0.4, -0.2) is 83.2 Å². The average molecular weight is 805 g/mol. The highest BCUT2D eigenvalue weighted by Crippen LogP contribution is 2.49. The van der Waals surface area contributed by atoms with Crippen LogP contribution in [0.4, 0.5) is 4.79 Å². The maximum absolute atomic E-state index is 12.9. The molecular formula is C42H57N6O8P. The Balaban J connectivity index is 1.02. The number of aliphatic imine (C=N–C) groups is 1. The molecule has 0 saturated carbocycles. The van der Waals surface area contributed by atoms with Crippen LogP contribution in [0.5, 0.6) is 0 Å². The molecule has 3 N–H and O–H groups in total. The number of aromatic amines is 1. The van der Waals surface area contributed by atoms with Crippen molar-refractivity contribution >= 4 is 33.0 Å². The normalized spacial score (nSPS) is 18.4. The number of rotatable bonds is 20. The van der Waals surface area contributed by atoms with E-state index in [4.69, 9.17) is 18.5 Å². The van der Waals surface area contributed by atoms with E-state index in [1.54, 1.807) is 0 Å². The lowest BCUT2D eigenvalue weighted by Gasteiger charge is -2.36. The Morgan fingerprint density at radius 3 is 2.25 bits per heavy atom. The van der Waals surface area contributed by atoms with Gasteiger partial charge in [-0.2, -0.15) is 0 Å². The number of benzene rings is 2. The first-order chi connectivity index (χ1) is 27.5. The second-order valence-corrected chi connectivity index (χ2v) is 16.1. The van der Waals surface area contributed by atoms with Gasteiger partial charge in [0.2, 0.25) is 5.91 Å². The van der Waals surface area contributed by atoms with E-state index in [1.807, 2.05) is 38.1 Å². The van der Waals surface area contributed by atoms with Gasteiger partial charge in [-0.05, 0) is 82.7 Å². The lowest BCUT2D eigenvalue weighted by atomic mass is 9.98. The van der Waals surface area contributed by atoms with Gasteiger partial charge in [0.15, 0.2) is 6.40 Å². The summed E-state index contributed by atoms with van der Waals surface area (Å²) in [6, 6.07) is 16.8. The van der Waals surface area contributed by atoms with Gasteiger partial charge >= 0.3 is 20.3 Å². The fourth-order valence-electron chi connectivity index (χ4n) is 7.17. The quantitative estimate of drug-likeness (QED) is 0.0364. The molecule has 0 bridgehead atoms. The predicted octanol–water partition coefficient (Wildman–Crippen LogP) is 6.87. The molecule has 1 unspecified atom stereocenters. The zero-order valence-corrected chi connectivity index (χ0v) is 34.7. The molecule has 3 aromatic rings. The number of carbonyl (C=O) groups excluding carboxylic acids is 2. The molecule has 1 fully saturated rings. The van der Waals surface area contributed by atoms with E-state index in [2.05, 4.69) is 77.2 Å². The fourth-order valence-corrected chi connectivity index (χ4v) is 8.83. The van der Waals surface area contributed by atoms with Gasteiger partial charge in [0, 0.05) is 56.3 Å². The largest absolute Gasteiger partial charge is 0.449 e. The molecule has 4 atom stereocenters. The van der Waals surface area contributed by atoms with Crippen molar-refractivity contribution in [2.24, 2.45) is 4.99 Å². The second kappa shape index (κ2) is 21.2. The van der Waals surface area contributed by atoms with Gasteiger partial charge in [-0.1, -0.05) is 61.4 Å². The van der Waals surface area contributed by atoms with Crippen molar-refractivity contribution in [1.29, 1.82) is 0 Å². The molecule has 1 aromatic heterocycles. The number of H-pyrrole nitrogens is 1. The molecule has 2 heterocycles. The van der Waals surface area contributed by atoms with Crippen molar-refractivity contribution in [3.63, 3.8) is 0 Å². The number of hydrogen-bond acceptors (Lipinski definition) is 10. The van der Waals surface area contributed by atoms with Crippen LogP contribution >= 0.6 is 8.53 Å². The number of aromatic nitrogens is 2. The van der Waals surface area contributed by atoms with E-state index in [9.17, 15) is 19.2 Å². The highest BCUT2D eigenvalue weighted by Gasteiger charge is 2.40. The van der Waals surface area contributed by atoms with Gasteiger partial charge in [0.05, 0.1) is 17.8 Å². The molecule has 1 aliphatic heterocycles. The molecule has 57 heavy (non-hydrogen) atoms. The summed E-state index contributed by atoms with van der Waals surface area (Å²) < 4.78 is 27.7. The Morgan fingerprint density at radius 2 is 1.61 bits per heavy atom. The van der Waals surface area contributed by atoms with Gasteiger partial charge in [-0.25, -0.2) is 14.3 Å². The first-order valence-corrected chi connectivity index (χ1v) is 21.1. The minimum atomic E-state index is -1.52. The molecule has 2 amide bonds. The number of nitrogens with one attached hydrogen (secondary N) is 3. The monoisotopic (exact) mass is 804 g/mol. The number of amides is 2. The number of carbonyl (C=O) groups is 2. The van der Waals surface area contributed by atoms with E-state index in [0.717, 1.165) is 25.7 Å². The highest BCUT2D eigenvalue weighted by atomic mass is 31.2. The number of alkyl carbamates (subject to hydrolysis) is 1. The SMILES string of the molecule is CC/N=C/OP(O[C@@H]1C[C@H](n2cc(/C=C/C(=O)NCCCCCCNC(=O)OCC3c4ccccc4-c4ccccc43)c(=O)[nH]c2=O)O[C@@H]1C)N(C(C)C)C(C)C. The Hall–Kier alpha value is -4.62. The molecule has 2 aromatic carbocycles. The fraction of sp³-hybridized carbons (Fsp3) is 0.500. The van der Waals surface area contributed by atoms with Crippen LogP contribution in [0.15, 0.2) is 75.4 Å². The predicted molar refractivity (Wildman–Crippen MR) is 223 cm³/mol. The smallest absolute Gasteiger partial charge is 0.407 e. The van der Waals surface area contributed by atoms with Crippen LogP contribution in [0.2, 0.25) is 0 Å². The van der Waals surface area contributed by atoms with E-state index in [1.165, 1.54) is 51.6 Å². The Morgan fingerprint density at radius 1 is 0.982 bits per heavy atom. The molecule has 1 aliphatic carbocycles. The molecule has 0 spiro atoms. The standard InChI is InChI=1S/C42H57N6O8P/c1-7-43-27-54-57(48(28(2)3)29(4)5)56-37-24-39(55-30(37)6)47-25-31(40(50)46-41(47)51)20-21-38(49)44-22-14-8-9-15-23-45-42(52)53-26-36-34-18-12-10-16-32(34)33-17-11-13-19-35(33)36/h10-13,16-21,25,27-30,36-37,39H,7-9,14-15,22-24,26H2,1-6H3,(H,44,49)(H,45,52)(H,46,50,51)/b21-20+,43-27+/t30-,37-,39-,57?/m1/s1. The summed E-state index contributed by atoms with van der Waals surface area (Å²) in [6.45, 7) is 13.9. The second-order valence-electron chi connectivity index (χ2n) is 14.7. The third kappa shape index (κ3) is 11.7. The minimum Gasteiger partial charge on any atom is -0.449 e. The van der Waals surface area contributed by atoms with Crippen molar-refractivity contribution in [3.05, 3.63) is 98.3 Å². The molecule has 14 nitrogen and oxygen atoms in total. The third-order valence-corrected chi connectivity index (χ3v) is 12.0. The van der Waals surface area contributed by atoms with Crippen molar-refractivity contribution in [2.75, 3.05) is 26.2 Å². The molecule has 2 aliphatic rings. The van der Waals surface area contributed by atoms with Crippen LogP contribution in [0.3, 0.4) is 0 Å². The summed E-state index contributed by atoms with van der Waals surface area (Å²) in [5.41, 5.74) is 3.64. The number of ether oxygens (including phenoxy) is 2. The van der Waals surface area contributed by atoms with Gasteiger partial charge < -0.3 is 29.2 Å². The maximum atomic E-state index is 12.9. The molecule has 5 rings (SSSR count). The first-order valence-electron chi connectivity index (χ1n) is 19.9. The topological polar surface area (TPSA) is 166 Å². The Bertz CT molecular complexity index is 1930. The van der Waals surface area contributed by atoms with Crippen LogP contribution in [0, 0.1) is 0 Å². The summed E-state index contributed by atoms with van der Waals surface area (Å²) in [7, 11) is -1.52. The van der Waals surface area contributed by atoms with Gasteiger partial charge in [0.25, 0.3) is 5.56 Å². The molecule has 0 radical (unpaired) electrons. The molecular weight excluding hydrogens is 747 g/mol. The lowest BCUT2D eigenvalue weighted by Crippen LogP contribution is -2.35. The summed E-state index contributed by atoms with van der Waals surface area (Å²) in [5, 5.41) is 5.68. The number of fused-ring (bicyclic) bond motifs is 3. The third-order valence-electron chi connectivity index (χ3n) is 9.93. The first kappa shape index (κ1) is 43.5. The zero-order chi connectivity index (χ0) is 40.9. The number of unbranched alkanes of at least 4 members (excludes halogenated alkanes) is 3. The summed E-state index contributed by atoms with van der Waals surface area (Å²) in [4.78, 5) is 57.1. The average Bonchev–Trinajstić information content (AvgIpc) is 3.70. The number of nitrogens with zero attached hydrogens (tertiary/aromatic N) is 3. The minimum absolute atomic E-state index is 0.0191. The summed E-state index contributed by atoms with van der Waals surface area (Å²) in [5.74, 6) is -0.339. The Labute approximate surface area is 336 Å². The highest BCUT2D eigenvalue weighted by molar-refractivity contribution is 7.45. The van der Waals surface area contributed by atoms with Crippen LogP contribution in [0.1, 0.15) is 102 Å². The van der Waals surface area contributed by atoms with Gasteiger partial charge in [-0.15, -0.1) is 0 Å². The van der Waals surface area contributed by atoms with Crippen molar-refractivity contribution in [3.8, 4) is 11.1 Å².